The van der Waals surface area contributed by atoms with Gasteiger partial charge in [-0.15, -0.1) is 23.1 Å². The zero-order valence-electron chi connectivity index (χ0n) is 12.9. The first kappa shape index (κ1) is 17.1. The van der Waals surface area contributed by atoms with Crippen molar-refractivity contribution in [3.63, 3.8) is 0 Å². The van der Waals surface area contributed by atoms with Crippen LogP contribution in [0.1, 0.15) is 16.1 Å². The van der Waals surface area contributed by atoms with Crippen LogP contribution in [0.3, 0.4) is 0 Å². The third-order valence-electron chi connectivity index (χ3n) is 3.32. The van der Waals surface area contributed by atoms with Crippen molar-refractivity contribution in [3.05, 3.63) is 67.6 Å². The second kappa shape index (κ2) is 7.03. The fraction of sp³-hybridized carbons (Fsp3) is 0.133. The number of esters is 1. The van der Waals surface area contributed by atoms with Gasteiger partial charge < -0.3 is 4.74 Å². The highest BCUT2D eigenvalue weighted by molar-refractivity contribution is 7.98. The van der Waals surface area contributed by atoms with Gasteiger partial charge in [-0.1, -0.05) is 0 Å². The van der Waals surface area contributed by atoms with Gasteiger partial charge in [0.1, 0.15) is 6.61 Å². The highest BCUT2D eigenvalue weighted by Crippen LogP contribution is 2.28. The van der Waals surface area contributed by atoms with Crippen molar-refractivity contribution in [1.82, 2.24) is 9.38 Å². The predicted molar refractivity (Wildman–Crippen MR) is 93.3 cm³/mol. The van der Waals surface area contributed by atoms with Crippen LogP contribution in [0.15, 0.2) is 45.5 Å². The molecule has 0 aliphatic heterocycles. The van der Waals surface area contributed by atoms with Crippen molar-refractivity contribution in [2.24, 2.45) is 0 Å². The molecule has 0 spiro atoms. The van der Waals surface area contributed by atoms with Gasteiger partial charge in [0.05, 0.1) is 21.1 Å². The summed E-state index contributed by atoms with van der Waals surface area (Å²) in [6.07, 6.45) is 3.32. The molecule has 3 aromatic rings. The first-order valence-electron chi connectivity index (χ1n) is 6.95. The van der Waals surface area contributed by atoms with Crippen LogP contribution in [-0.2, 0) is 11.3 Å². The Morgan fingerprint density at radius 2 is 2.24 bits per heavy atom. The van der Waals surface area contributed by atoms with Gasteiger partial charge in [-0.3, -0.25) is 19.3 Å². The lowest BCUT2D eigenvalue weighted by Crippen LogP contribution is -2.14. The summed E-state index contributed by atoms with van der Waals surface area (Å²) in [5, 5.41) is 12.8. The van der Waals surface area contributed by atoms with Gasteiger partial charge >= 0.3 is 5.97 Å². The van der Waals surface area contributed by atoms with Gasteiger partial charge in [-0.2, -0.15) is 0 Å². The van der Waals surface area contributed by atoms with E-state index in [2.05, 4.69) is 4.98 Å². The van der Waals surface area contributed by atoms with Crippen molar-refractivity contribution < 1.29 is 14.5 Å². The molecule has 0 aliphatic carbocycles. The summed E-state index contributed by atoms with van der Waals surface area (Å²) in [7, 11) is 0. The van der Waals surface area contributed by atoms with Crippen LogP contribution in [0.4, 0.5) is 5.69 Å². The maximum Gasteiger partial charge on any atom is 0.338 e. The second-order valence-corrected chi connectivity index (χ2v) is 6.58. The number of hydrogen-bond acceptors (Lipinski definition) is 8. The molecule has 0 radical (unpaired) electrons. The average Bonchev–Trinajstić information content (AvgIpc) is 3.08. The number of nitro benzene ring substituents is 1. The summed E-state index contributed by atoms with van der Waals surface area (Å²) < 4.78 is 6.52. The summed E-state index contributed by atoms with van der Waals surface area (Å²) in [6, 6.07) is 5.43. The van der Waals surface area contributed by atoms with Crippen LogP contribution >= 0.6 is 23.1 Å². The van der Waals surface area contributed by atoms with Gasteiger partial charge in [0.15, 0.2) is 4.96 Å². The van der Waals surface area contributed by atoms with E-state index in [0.29, 0.717) is 15.6 Å². The van der Waals surface area contributed by atoms with E-state index in [-0.39, 0.29) is 23.4 Å². The number of thioether (sulfide) groups is 1. The van der Waals surface area contributed by atoms with E-state index in [9.17, 15) is 19.7 Å². The van der Waals surface area contributed by atoms with Gasteiger partial charge in [0.2, 0.25) is 0 Å². The molecule has 0 fully saturated rings. The van der Waals surface area contributed by atoms with Crippen molar-refractivity contribution in [2.75, 3.05) is 6.26 Å². The normalized spacial score (nSPS) is 10.8. The maximum atomic E-state index is 12.1. The van der Waals surface area contributed by atoms with E-state index < -0.39 is 10.9 Å². The van der Waals surface area contributed by atoms with E-state index in [1.807, 2.05) is 0 Å². The van der Waals surface area contributed by atoms with E-state index in [4.69, 9.17) is 4.74 Å². The summed E-state index contributed by atoms with van der Waals surface area (Å²) in [6.45, 7) is -0.194. The number of benzene rings is 1. The number of rotatable bonds is 5. The third-order valence-corrected chi connectivity index (χ3v) is 4.86. The third kappa shape index (κ3) is 3.54. The van der Waals surface area contributed by atoms with E-state index >= 15 is 0 Å². The standard InChI is InChI=1S/C15H11N3O5S2/c1-24-12-3-2-9(6-11(12)18(21)22)14(20)23-8-10-7-13(19)17-4-5-25-15(17)16-10/h2-7H,8H2,1H3. The SMILES string of the molecule is CSc1ccc(C(=O)OCc2cc(=O)n3ccsc3n2)cc1[N+](=O)[O-]. The van der Waals surface area contributed by atoms with Crippen LogP contribution < -0.4 is 5.56 Å². The molecule has 0 amide bonds. The Bertz CT molecular complexity index is 1030. The van der Waals surface area contributed by atoms with Crippen molar-refractivity contribution in [2.45, 2.75) is 11.5 Å². The topological polar surface area (TPSA) is 104 Å². The largest absolute Gasteiger partial charge is 0.456 e. The number of aromatic nitrogens is 2. The molecule has 8 nitrogen and oxygen atoms in total. The zero-order valence-corrected chi connectivity index (χ0v) is 14.5. The van der Waals surface area contributed by atoms with E-state index in [1.165, 1.54) is 51.8 Å². The van der Waals surface area contributed by atoms with Crippen LogP contribution in [0.2, 0.25) is 0 Å². The van der Waals surface area contributed by atoms with Crippen LogP contribution in [0.25, 0.3) is 4.96 Å². The number of nitro groups is 1. The average molecular weight is 377 g/mol. The van der Waals surface area contributed by atoms with Gasteiger partial charge in [0, 0.05) is 23.7 Å². The summed E-state index contributed by atoms with van der Waals surface area (Å²) in [4.78, 5) is 39.7. The smallest absolute Gasteiger partial charge is 0.338 e. The molecule has 0 bridgehead atoms. The minimum absolute atomic E-state index is 0.0680. The molecule has 0 saturated carbocycles. The lowest BCUT2D eigenvalue weighted by molar-refractivity contribution is -0.387. The quantitative estimate of drug-likeness (QED) is 0.291. The van der Waals surface area contributed by atoms with Crippen molar-refractivity contribution in [3.8, 4) is 0 Å². The minimum atomic E-state index is -0.719. The lowest BCUT2D eigenvalue weighted by atomic mass is 10.2. The van der Waals surface area contributed by atoms with Gasteiger partial charge in [-0.05, 0) is 18.4 Å². The van der Waals surface area contributed by atoms with Gasteiger partial charge in [0.25, 0.3) is 11.2 Å². The summed E-state index contributed by atoms with van der Waals surface area (Å²) in [5.41, 5.74) is -0.0370. The van der Waals surface area contributed by atoms with Crippen molar-refractivity contribution in [1.29, 1.82) is 0 Å². The molecule has 10 heteroatoms. The molecule has 0 N–H and O–H groups in total. The molecule has 25 heavy (non-hydrogen) atoms. The molecule has 0 atom stereocenters. The van der Waals surface area contributed by atoms with Crippen LogP contribution in [-0.4, -0.2) is 26.5 Å². The molecule has 0 saturated heterocycles. The number of fused-ring (bicyclic) bond motifs is 1. The maximum absolute atomic E-state index is 12.1. The Morgan fingerprint density at radius 1 is 1.44 bits per heavy atom. The molecule has 3 rings (SSSR count). The van der Waals surface area contributed by atoms with E-state index in [0.717, 1.165) is 0 Å². The molecule has 128 valence electrons. The number of nitrogens with zero attached hydrogens (tertiary/aromatic N) is 3. The number of carbonyl (C=O) groups is 1. The first-order valence-corrected chi connectivity index (χ1v) is 9.05. The number of ether oxygens (including phenoxy) is 1. The fourth-order valence-corrected chi connectivity index (χ4v) is 3.43. The first-order chi connectivity index (χ1) is 12.0. The Balaban J connectivity index is 1.79. The minimum Gasteiger partial charge on any atom is -0.456 e. The van der Waals surface area contributed by atoms with Crippen LogP contribution in [0, 0.1) is 10.1 Å². The molecular weight excluding hydrogens is 366 g/mol. The molecule has 1 aromatic carbocycles. The molecule has 2 heterocycles. The zero-order chi connectivity index (χ0) is 18.0. The monoisotopic (exact) mass is 377 g/mol. The lowest BCUT2D eigenvalue weighted by Gasteiger charge is -2.06. The Morgan fingerprint density at radius 3 is 2.96 bits per heavy atom. The predicted octanol–water partition coefficient (Wildman–Crippen LogP) is 2.74. The molecule has 2 aromatic heterocycles. The molecular formula is C15H11N3O5S2. The summed E-state index contributed by atoms with van der Waals surface area (Å²) >= 11 is 2.51. The van der Waals surface area contributed by atoms with Gasteiger partial charge in [-0.25, -0.2) is 9.78 Å². The van der Waals surface area contributed by atoms with E-state index in [1.54, 1.807) is 17.8 Å². The van der Waals surface area contributed by atoms with Crippen molar-refractivity contribution >= 4 is 39.7 Å². The molecule has 0 aliphatic rings. The Kier molecular flexibility index (Phi) is 4.81. The Labute approximate surface area is 149 Å². The number of hydrogen-bond donors (Lipinski definition) is 0. The highest BCUT2D eigenvalue weighted by Gasteiger charge is 2.18. The summed E-state index contributed by atoms with van der Waals surface area (Å²) in [5.74, 6) is -0.719. The Hall–Kier alpha value is -2.72. The highest BCUT2D eigenvalue weighted by atomic mass is 32.2. The second-order valence-electron chi connectivity index (χ2n) is 4.86. The number of carbonyl (C=O) groups excluding carboxylic acids is 1. The van der Waals surface area contributed by atoms with Crippen LogP contribution in [0.5, 0.6) is 0 Å². The fourth-order valence-electron chi connectivity index (χ4n) is 2.14. The number of thiazole rings is 1. The molecule has 0 unspecified atom stereocenters.